The van der Waals surface area contributed by atoms with E-state index in [0.29, 0.717) is 17.8 Å². The first-order chi connectivity index (χ1) is 15.2. The molecule has 2 amide bonds. The molecule has 9 heteroatoms. The SMILES string of the molecule is O=C(NCc1ccc(NC(=O)c2ccco2)cc1)c1ccc(CSc2ncn[nH]2)cc1. The first-order valence-electron chi connectivity index (χ1n) is 9.46. The number of aromatic nitrogens is 3. The van der Waals surface area contributed by atoms with E-state index in [9.17, 15) is 9.59 Å². The fourth-order valence-electron chi connectivity index (χ4n) is 2.76. The molecule has 31 heavy (non-hydrogen) atoms. The van der Waals surface area contributed by atoms with Crippen molar-refractivity contribution in [2.24, 2.45) is 0 Å². The van der Waals surface area contributed by atoms with Crippen LogP contribution in [0, 0.1) is 0 Å². The van der Waals surface area contributed by atoms with Crippen molar-refractivity contribution in [3.05, 3.63) is 95.7 Å². The number of anilines is 1. The average Bonchev–Trinajstić information content (AvgIpc) is 3.52. The third-order valence-corrected chi connectivity index (χ3v) is 5.34. The van der Waals surface area contributed by atoms with E-state index in [2.05, 4.69) is 25.8 Å². The predicted octanol–water partition coefficient (Wildman–Crippen LogP) is 3.87. The normalized spacial score (nSPS) is 10.6. The molecule has 2 aromatic heterocycles. The summed E-state index contributed by atoms with van der Waals surface area (Å²) in [7, 11) is 0. The van der Waals surface area contributed by atoms with Crippen molar-refractivity contribution in [3.63, 3.8) is 0 Å². The molecule has 0 aliphatic heterocycles. The van der Waals surface area contributed by atoms with Gasteiger partial charge in [0.2, 0.25) is 0 Å². The maximum atomic E-state index is 12.4. The van der Waals surface area contributed by atoms with Crippen LogP contribution in [0.25, 0.3) is 0 Å². The molecular weight excluding hydrogens is 414 g/mol. The van der Waals surface area contributed by atoms with Gasteiger partial charge in [-0.2, -0.15) is 5.10 Å². The molecule has 0 aliphatic carbocycles. The Balaban J connectivity index is 1.25. The van der Waals surface area contributed by atoms with E-state index in [4.69, 9.17) is 4.42 Å². The van der Waals surface area contributed by atoms with E-state index < -0.39 is 0 Å². The molecule has 3 N–H and O–H groups in total. The Morgan fingerprint density at radius 1 is 0.968 bits per heavy atom. The van der Waals surface area contributed by atoms with Gasteiger partial charge in [-0.25, -0.2) is 4.98 Å². The zero-order valence-electron chi connectivity index (χ0n) is 16.4. The van der Waals surface area contributed by atoms with Gasteiger partial charge in [-0.3, -0.25) is 14.7 Å². The second-order valence-corrected chi connectivity index (χ2v) is 7.55. The number of benzene rings is 2. The molecule has 4 aromatic rings. The van der Waals surface area contributed by atoms with Crippen molar-refractivity contribution in [3.8, 4) is 0 Å². The van der Waals surface area contributed by atoms with E-state index in [1.807, 2.05) is 24.3 Å². The van der Waals surface area contributed by atoms with Crippen LogP contribution < -0.4 is 10.6 Å². The van der Waals surface area contributed by atoms with Gasteiger partial charge in [-0.05, 0) is 47.5 Å². The van der Waals surface area contributed by atoms with Gasteiger partial charge in [-0.15, -0.1) is 0 Å². The van der Waals surface area contributed by atoms with Crippen LogP contribution in [0.1, 0.15) is 32.0 Å². The van der Waals surface area contributed by atoms with Crippen LogP contribution >= 0.6 is 11.8 Å². The lowest BCUT2D eigenvalue weighted by Crippen LogP contribution is -2.22. The maximum Gasteiger partial charge on any atom is 0.291 e. The molecule has 0 bridgehead atoms. The lowest BCUT2D eigenvalue weighted by Gasteiger charge is -2.08. The summed E-state index contributed by atoms with van der Waals surface area (Å²) in [5.41, 5.74) is 3.25. The van der Waals surface area contributed by atoms with Gasteiger partial charge in [0.25, 0.3) is 11.8 Å². The maximum absolute atomic E-state index is 12.4. The topological polar surface area (TPSA) is 113 Å². The second kappa shape index (κ2) is 9.77. The lowest BCUT2D eigenvalue weighted by atomic mass is 10.1. The number of hydrogen-bond acceptors (Lipinski definition) is 6. The summed E-state index contributed by atoms with van der Waals surface area (Å²) >= 11 is 1.54. The first-order valence-corrected chi connectivity index (χ1v) is 10.4. The van der Waals surface area contributed by atoms with E-state index in [-0.39, 0.29) is 17.6 Å². The Hall–Kier alpha value is -3.85. The Bertz CT molecular complexity index is 1130. The molecule has 2 heterocycles. The molecule has 0 atom stereocenters. The summed E-state index contributed by atoms with van der Waals surface area (Å²) in [4.78, 5) is 28.5. The molecule has 156 valence electrons. The van der Waals surface area contributed by atoms with Crippen molar-refractivity contribution < 1.29 is 14.0 Å². The monoisotopic (exact) mass is 433 g/mol. The van der Waals surface area contributed by atoms with Crippen molar-refractivity contribution in [2.75, 3.05) is 5.32 Å². The minimum absolute atomic E-state index is 0.148. The highest BCUT2D eigenvalue weighted by atomic mass is 32.2. The minimum Gasteiger partial charge on any atom is -0.459 e. The highest BCUT2D eigenvalue weighted by Crippen LogP contribution is 2.18. The molecule has 0 aliphatic rings. The van der Waals surface area contributed by atoms with E-state index >= 15 is 0 Å². The number of carbonyl (C=O) groups is 2. The van der Waals surface area contributed by atoms with Crippen LogP contribution in [0.5, 0.6) is 0 Å². The Morgan fingerprint density at radius 3 is 2.42 bits per heavy atom. The number of furan rings is 1. The van der Waals surface area contributed by atoms with Gasteiger partial charge in [0.15, 0.2) is 10.9 Å². The molecule has 0 fully saturated rings. The number of nitrogens with one attached hydrogen (secondary N) is 3. The van der Waals surface area contributed by atoms with Crippen LogP contribution in [0.4, 0.5) is 5.69 Å². The number of thioether (sulfide) groups is 1. The van der Waals surface area contributed by atoms with Crippen LogP contribution in [0.3, 0.4) is 0 Å². The smallest absolute Gasteiger partial charge is 0.291 e. The van der Waals surface area contributed by atoms with Gasteiger partial charge >= 0.3 is 0 Å². The molecule has 4 rings (SSSR count). The average molecular weight is 433 g/mol. The zero-order chi connectivity index (χ0) is 21.5. The fraction of sp³-hybridized carbons (Fsp3) is 0.0909. The van der Waals surface area contributed by atoms with Gasteiger partial charge in [-0.1, -0.05) is 36.0 Å². The Morgan fingerprint density at radius 2 is 1.74 bits per heavy atom. The van der Waals surface area contributed by atoms with E-state index in [0.717, 1.165) is 22.0 Å². The summed E-state index contributed by atoms with van der Waals surface area (Å²) in [6, 6.07) is 18.0. The summed E-state index contributed by atoms with van der Waals surface area (Å²) in [6.45, 7) is 0.383. The van der Waals surface area contributed by atoms with Crippen LogP contribution in [-0.4, -0.2) is 27.0 Å². The summed E-state index contributed by atoms with van der Waals surface area (Å²) in [5.74, 6) is 0.525. The summed E-state index contributed by atoms with van der Waals surface area (Å²) in [6.07, 6.45) is 2.92. The molecule has 0 unspecified atom stereocenters. The van der Waals surface area contributed by atoms with Crippen molar-refractivity contribution in [1.29, 1.82) is 0 Å². The largest absolute Gasteiger partial charge is 0.459 e. The first kappa shape index (κ1) is 20.4. The second-order valence-electron chi connectivity index (χ2n) is 6.59. The minimum atomic E-state index is -0.311. The molecule has 0 radical (unpaired) electrons. The molecule has 8 nitrogen and oxygen atoms in total. The summed E-state index contributed by atoms with van der Waals surface area (Å²) in [5, 5.41) is 13.0. The molecule has 2 aromatic carbocycles. The van der Waals surface area contributed by atoms with Crippen LogP contribution in [0.15, 0.2) is 82.8 Å². The lowest BCUT2D eigenvalue weighted by molar-refractivity contribution is 0.0949. The molecular formula is C22H19N5O3S. The highest BCUT2D eigenvalue weighted by molar-refractivity contribution is 7.98. The molecule has 0 saturated carbocycles. The van der Waals surface area contributed by atoms with Gasteiger partial charge < -0.3 is 15.1 Å². The number of rotatable bonds is 8. The number of amides is 2. The van der Waals surface area contributed by atoms with E-state index in [1.165, 1.54) is 12.6 Å². The van der Waals surface area contributed by atoms with Crippen molar-refractivity contribution in [2.45, 2.75) is 17.5 Å². The number of carbonyl (C=O) groups excluding carboxylic acids is 2. The zero-order valence-corrected chi connectivity index (χ0v) is 17.2. The summed E-state index contributed by atoms with van der Waals surface area (Å²) < 4.78 is 5.07. The number of H-pyrrole nitrogens is 1. The number of aromatic amines is 1. The fourth-order valence-corrected chi connectivity index (χ4v) is 3.49. The number of hydrogen-bond donors (Lipinski definition) is 3. The highest BCUT2D eigenvalue weighted by Gasteiger charge is 2.09. The standard InChI is InChI=1S/C22H19N5O3S/c28-20(17-7-3-16(4-8-17)13-31-22-24-14-25-27-22)23-12-15-5-9-18(10-6-15)26-21(29)19-2-1-11-30-19/h1-11,14H,12-13H2,(H,23,28)(H,26,29)(H,24,25,27). The molecule has 0 spiro atoms. The third kappa shape index (κ3) is 5.61. The van der Waals surface area contributed by atoms with Gasteiger partial charge in [0.1, 0.15) is 6.33 Å². The van der Waals surface area contributed by atoms with Crippen molar-refractivity contribution in [1.82, 2.24) is 20.5 Å². The predicted molar refractivity (Wildman–Crippen MR) is 117 cm³/mol. The third-order valence-electron chi connectivity index (χ3n) is 4.39. The number of nitrogens with zero attached hydrogens (tertiary/aromatic N) is 2. The van der Waals surface area contributed by atoms with Crippen LogP contribution in [0.2, 0.25) is 0 Å². The Labute approximate surface area is 182 Å². The Kier molecular flexibility index (Phi) is 6.44. The van der Waals surface area contributed by atoms with Crippen LogP contribution in [-0.2, 0) is 12.3 Å². The van der Waals surface area contributed by atoms with Gasteiger partial charge in [0.05, 0.1) is 6.26 Å². The van der Waals surface area contributed by atoms with Gasteiger partial charge in [0, 0.05) is 23.5 Å². The van der Waals surface area contributed by atoms with E-state index in [1.54, 1.807) is 48.2 Å². The molecule has 0 saturated heterocycles. The quantitative estimate of drug-likeness (QED) is 0.364. The van der Waals surface area contributed by atoms with Crippen molar-refractivity contribution >= 4 is 29.3 Å².